The van der Waals surface area contributed by atoms with Gasteiger partial charge in [-0.05, 0) is 24.6 Å². The largest absolute Gasteiger partial charge is 0.478 e. The minimum atomic E-state index is -1.07. The average Bonchev–Trinajstić information content (AvgIpc) is 2.48. The van der Waals surface area contributed by atoms with Gasteiger partial charge in [0.1, 0.15) is 5.58 Å². The minimum absolute atomic E-state index is 0.0859. The number of carboxylic acids is 1. The summed E-state index contributed by atoms with van der Waals surface area (Å²) in [5.74, 6) is -1.07. The number of fused-ring (bicyclic) bond motifs is 2. The molecule has 0 bridgehead atoms. The lowest BCUT2D eigenvalue weighted by Crippen LogP contribution is -2.10. The summed E-state index contributed by atoms with van der Waals surface area (Å²) >= 11 is 0. The van der Waals surface area contributed by atoms with Gasteiger partial charge in [-0.3, -0.25) is 4.79 Å². The quantitative estimate of drug-likeness (QED) is 0.747. The summed E-state index contributed by atoms with van der Waals surface area (Å²) in [6.07, 6.45) is 1.25. The molecule has 0 unspecified atom stereocenters. The summed E-state index contributed by atoms with van der Waals surface area (Å²) in [6.45, 7) is 1.93. The number of carboxylic acid groups (broad SMARTS) is 1. The molecule has 1 aromatic carbocycles. The highest BCUT2D eigenvalue weighted by molar-refractivity contribution is 5.94. The Hall–Kier alpha value is -2.69. The number of benzene rings is 1. The van der Waals surface area contributed by atoms with Crippen molar-refractivity contribution in [1.82, 2.24) is 4.98 Å². The van der Waals surface area contributed by atoms with Gasteiger partial charge >= 0.3 is 5.97 Å². The van der Waals surface area contributed by atoms with Crippen LogP contribution in [0.1, 0.15) is 29.4 Å². The van der Waals surface area contributed by atoms with Crippen LogP contribution in [0.2, 0.25) is 0 Å². The molecule has 0 fully saturated rings. The van der Waals surface area contributed by atoms with E-state index in [4.69, 9.17) is 4.42 Å². The molecule has 1 N–H and O–H groups in total. The van der Waals surface area contributed by atoms with Gasteiger partial charge in [0.15, 0.2) is 11.1 Å². The van der Waals surface area contributed by atoms with Gasteiger partial charge in [-0.25, -0.2) is 9.78 Å². The van der Waals surface area contributed by atoms with E-state index in [-0.39, 0.29) is 22.1 Å². The van der Waals surface area contributed by atoms with Crippen LogP contribution in [0.4, 0.5) is 0 Å². The van der Waals surface area contributed by atoms with Crippen LogP contribution in [0.5, 0.6) is 0 Å². The van der Waals surface area contributed by atoms with Crippen LogP contribution in [-0.2, 0) is 6.42 Å². The Morgan fingerprint density at radius 3 is 2.76 bits per heavy atom. The van der Waals surface area contributed by atoms with Crippen LogP contribution in [0.3, 0.4) is 0 Å². The van der Waals surface area contributed by atoms with Crippen molar-refractivity contribution in [2.24, 2.45) is 0 Å². The summed E-state index contributed by atoms with van der Waals surface area (Å²) in [5.41, 5.74) is 1.08. The Bertz CT molecular complexity index is 911. The fourth-order valence-electron chi connectivity index (χ4n) is 2.38. The topological polar surface area (TPSA) is 80.4 Å². The van der Waals surface area contributed by atoms with E-state index in [1.807, 2.05) is 6.92 Å². The molecular weight excluding hydrogens is 270 g/mol. The van der Waals surface area contributed by atoms with Gasteiger partial charge in [0.2, 0.25) is 5.43 Å². The molecule has 3 rings (SSSR count). The smallest absolute Gasteiger partial charge is 0.337 e. The summed E-state index contributed by atoms with van der Waals surface area (Å²) in [5, 5.41) is 9.72. The molecule has 3 aromatic rings. The van der Waals surface area contributed by atoms with Crippen molar-refractivity contribution in [3.63, 3.8) is 0 Å². The summed E-state index contributed by atoms with van der Waals surface area (Å²) in [6, 6.07) is 8.25. The van der Waals surface area contributed by atoms with Crippen LogP contribution in [0, 0.1) is 0 Å². The molecule has 0 aliphatic rings. The number of hydrogen-bond donors (Lipinski definition) is 1. The first kappa shape index (κ1) is 13.3. The minimum Gasteiger partial charge on any atom is -0.478 e. The van der Waals surface area contributed by atoms with Crippen LogP contribution >= 0.6 is 0 Å². The summed E-state index contributed by atoms with van der Waals surface area (Å²) < 4.78 is 5.63. The number of hydrogen-bond acceptors (Lipinski definition) is 4. The fourth-order valence-corrected chi connectivity index (χ4v) is 2.38. The molecule has 2 heterocycles. The summed E-state index contributed by atoms with van der Waals surface area (Å²) in [4.78, 5) is 28.0. The highest BCUT2D eigenvalue weighted by Crippen LogP contribution is 2.20. The second kappa shape index (κ2) is 5.01. The molecular formula is C16H13NO4. The zero-order valence-corrected chi connectivity index (χ0v) is 11.4. The van der Waals surface area contributed by atoms with E-state index in [2.05, 4.69) is 4.98 Å². The van der Waals surface area contributed by atoms with Gasteiger partial charge in [0.25, 0.3) is 0 Å². The van der Waals surface area contributed by atoms with Crippen molar-refractivity contribution >= 4 is 28.0 Å². The molecule has 0 aliphatic carbocycles. The normalized spacial score (nSPS) is 11.1. The Labute approximate surface area is 119 Å². The molecule has 0 saturated carbocycles. The number of aryl methyl sites for hydroxylation is 1. The van der Waals surface area contributed by atoms with Crippen molar-refractivity contribution in [2.75, 3.05) is 0 Å². The van der Waals surface area contributed by atoms with Crippen molar-refractivity contribution < 1.29 is 14.3 Å². The molecule has 0 aliphatic heterocycles. The number of aromatic nitrogens is 1. The van der Waals surface area contributed by atoms with E-state index in [0.717, 1.165) is 6.42 Å². The van der Waals surface area contributed by atoms with Crippen molar-refractivity contribution in [1.29, 1.82) is 0 Å². The highest BCUT2D eigenvalue weighted by atomic mass is 16.4. The molecule has 0 spiro atoms. The first-order chi connectivity index (χ1) is 10.1. The monoisotopic (exact) mass is 283 g/mol. The summed E-state index contributed by atoms with van der Waals surface area (Å²) in [7, 11) is 0. The van der Waals surface area contributed by atoms with Crippen LogP contribution in [0.25, 0.3) is 22.1 Å². The number of rotatable bonds is 3. The molecule has 0 atom stereocenters. The average molecular weight is 283 g/mol. The number of pyridine rings is 1. The first-order valence-electron chi connectivity index (χ1n) is 6.70. The number of carbonyl (C=O) groups is 1. The zero-order valence-electron chi connectivity index (χ0n) is 11.4. The van der Waals surface area contributed by atoms with Crippen LogP contribution in [-0.4, -0.2) is 16.1 Å². The second-order valence-electron chi connectivity index (χ2n) is 4.81. The Morgan fingerprint density at radius 1 is 1.29 bits per heavy atom. The number of para-hydroxylation sites is 1. The highest BCUT2D eigenvalue weighted by Gasteiger charge is 2.16. The lowest BCUT2D eigenvalue weighted by Gasteiger charge is -2.06. The maximum Gasteiger partial charge on any atom is 0.337 e. The Balaban J connectivity index is 2.43. The first-order valence-corrected chi connectivity index (χ1v) is 6.70. The van der Waals surface area contributed by atoms with Gasteiger partial charge in [0.05, 0.1) is 16.6 Å². The molecule has 5 heteroatoms. The lowest BCUT2D eigenvalue weighted by atomic mass is 10.1. The predicted octanol–water partition coefficient (Wildman–Crippen LogP) is 2.99. The second-order valence-corrected chi connectivity index (χ2v) is 4.81. The zero-order chi connectivity index (χ0) is 15.0. The van der Waals surface area contributed by atoms with Gasteiger partial charge < -0.3 is 9.52 Å². The van der Waals surface area contributed by atoms with E-state index in [0.29, 0.717) is 23.1 Å². The molecule has 5 nitrogen and oxygen atoms in total. The molecule has 0 saturated heterocycles. The number of nitrogens with zero attached hydrogens (tertiary/aromatic N) is 1. The maximum absolute atomic E-state index is 12.5. The standard InChI is InChI=1S/C16H13NO4/c1-2-5-11-10(16(19)20)8-13-14(17-11)15(18)9-6-3-4-7-12(9)21-13/h3-4,6-8H,2,5H2,1H3,(H,19,20). The lowest BCUT2D eigenvalue weighted by molar-refractivity contribution is 0.0695. The van der Waals surface area contributed by atoms with E-state index < -0.39 is 5.97 Å². The number of aromatic carboxylic acids is 1. The molecule has 21 heavy (non-hydrogen) atoms. The Kier molecular flexibility index (Phi) is 3.17. The van der Waals surface area contributed by atoms with Crippen molar-refractivity contribution in [3.8, 4) is 0 Å². The van der Waals surface area contributed by atoms with Crippen LogP contribution in [0.15, 0.2) is 39.5 Å². The molecule has 0 radical (unpaired) electrons. The third-order valence-electron chi connectivity index (χ3n) is 3.35. The molecule has 0 amide bonds. The van der Waals surface area contributed by atoms with E-state index in [1.54, 1.807) is 24.3 Å². The van der Waals surface area contributed by atoms with Gasteiger partial charge in [-0.15, -0.1) is 0 Å². The third kappa shape index (κ3) is 2.16. The molecule has 2 aromatic heterocycles. The predicted molar refractivity (Wildman–Crippen MR) is 78.7 cm³/mol. The van der Waals surface area contributed by atoms with E-state index in [1.165, 1.54) is 6.07 Å². The van der Waals surface area contributed by atoms with Gasteiger partial charge in [0, 0.05) is 0 Å². The van der Waals surface area contributed by atoms with Crippen molar-refractivity contribution in [3.05, 3.63) is 51.8 Å². The van der Waals surface area contributed by atoms with E-state index in [9.17, 15) is 14.7 Å². The Morgan fingerprint density at radius 2 is 2.05 bits per heavy atom. The van der Waals surface area contributed by atoms with Gasteiger partial charge in [-0.2, -0.15) is 0 Å². The van der Waals surface area contributed by atoms with Gasteiger partial charge in [-0.1, -0.05) is 25.5 Å². The van der Waals surface area contributed by atoms with Crippen LogP contribution < -0.4 is 5.43 Å². The van der Waals surface area contributed by atoms with Crippen molar-refractivity contribution in [2.45, 2.75) is 19.8 Å². The SMILES string of the molecule is CCCc1nc2c(=O)c3ccccc3oc2cc1C(=O)O. The molecule has 106 valence electrons. The fraction of sp³-hybridized carbons (Fsp3) is 0.188. The third-order valence-corrected chi connectivity index (χ3v) is 3.35. The maximum atomic E-state index is 12.5. The van der Waals surface area contributed by atoms with E-state index >= 15 is 0 Å².